The van der Waals surface area contributed by atoms with Crippen LogP contribution >= 0.6 is 0 Å². The van der Waals surface area contributed by atoms with Crippen LogP contribution in [0.15, 0.2) is 53.5 Å². The van der Waals surface area contributed by atoms with E-state index in [1.807, 2.05) is 0 Å². The van der Waals surface area contributed by atoms with Crippen molar-refractivity contribution >= 4 is 17.1 Å². The molecule has 2 fully saturated rings. The highest BCUT2D eigenvalue weighted by molar-refractivity contribution is 5.95. The molecule has 0 bridgehead atoms. The number of fused-ring (bicyclic) bond motifs is 1. The lowest BCUT2D eigenvalue weighted by Gasteiger charge is -2.32. The van der Waals surface area contributed by atoms with Gasteiger partial charge in [0.25, 0.3) is 0 Å². The molecule has 3 aliphatic rings. The van der Waals surface area contributed by atoms with Crippen molar-refractivity contribution in [2.75, 3.05) is 5.32 Å². The van der Waals surface area contributed by atoms with Gasteiger partial charge in [-0.3, -0.25) is 4.99 Å². The van der Waals surface area contributed by atoms with E-state index in [1.165, 1.54) is 48.2 Å². The Labute approximate surface area is 144 Å². The van der Waals surface area contributed by atoms with Crippen molar-refractivity contribution < 1.29 is 0 Å². The van der Waals surface area contributed by atoms with Crippen LogP contribution in [0.5, 0.6) is 0 Å². The van der Waals surface area contributed by atoms with Gasteiger partial charge in [-0.05, 0) is 61.3 Å². The number of rotatable bonds is 4. The van der Waals surface area contributed by atoms with E-state index in [0.29, 0.717) is 12.0 Å². The lowest BCUT2D eigenvalue weighted by atomic mass is 9.84. The summed E-state index contributed by atoms with van der Waals surface area (Å²) in [5.74, 6) is 1.99. The second-order valence-electron chi connectivity index (χ2n) is 7.68. The van der Waals surface area contributed by atoms with Crippen LogP contribution in [0, 0.1) is 11.8 Å². The second kappa shape index (κ2) is 5.47. The molecule has 24 heavy (non-hydrogen) atoms. The van der Waals surface area contributed by atoms with Gasteiger partial charge in [0, 0.05) is 22.9 Å². The molecule has 2 aromatic rings. The molecule has 2 aromatic carbocycles. The largest absolute Gasteiger partial charge is 0.377 e. The summed E-state index contributed by atoms with van der Waals surface area (Å²) in [5.41, 5.74) is 6.62. The Bertz CT molecular complexity index is 782. The molecule has 0 spiro atoms. The van der Waals surface area contributed by atoms with E-state index >= 15 is 0 Å². The van der Waals surface area contributed by atoms with Crippen molar-refractivity contribution in [3.05, 3.63) is 59.7 Å². The van der Waals surface area contributed by atoms with Gasteiger partial charge >= 0.3 is 0 Å². The predicted molar refractivity (Wildman–Crippen MR) is 100 cm³/mol. The van der Waals surface area contributed by atoms with Crippen molar-refractivity contribution in [1.82, 2.24) is 0 Å². The molecule has 2 heteroatoms. The number of aliphatic imine (C=N–C) groups is 1. The Balaban J connectivity index is 1.46. The molecule has 5 rings (SSSR count). The van der Waals surface area contributed by atoms with Crippen LogP contribution in [0.4, 0.5) is 11.4 Å². The quantitative estimate of drug-likeness (QED) is 0.751. The molecule has 122 valence electrons. The number of benzene rings is 2. The zero-order valence-electron chi connectivity index (χ0n) is 14.2. The summed E-state index contributed by atoms with van der Waals surface area (Å²) in [6.45, 7) is 2.34. The normalized spacial score (nSPS) is 25.8. The lowest BCUT2D eigenvalue weighted by molar-refractivity contribution is 0.613. The summed E-state index contributed by atoms with van der Waals surface area (Å²) in [7, 11) is 0. The summed E-state index contributed by atoms with van der Waals surface area (Å²) in [6.07, 6.45) is 5.35. The topological polar surface area (TPSA) is 24.4 Å². The van der Waals surface area contributed by atoms with Gasteiger partial charge < -0.3 is 5.32 Å². The van der Waals surface area contributed by atoms with Gasteiger partial charge in [-0.25, -0.2) is 0 Å². The number of hydrogen-bond donors (Lipinski definition) is 1. The molecule has 2 saturated carbocycles. The molecule has 1 aliphatic heterocycles. The maximum atomic E-state index is 5.00. The average Bonchev–Trinajstić information content (AvgIpc) is 3.49. The van der Waals surface area contributed by atoms with E-state index in [1.54, 1.807) is 0 Å². The molecule has 0 saturated heterocycles. The highest BCUT2D eigenvalue weighted by Crippen LogP contribution is 2.45. The fraction of sp³-hybridized carbons (Fsp3) is 0.409. The molecule has 0 aromatic heterocycles. The van der Waals surface area contributed by atoms with Gasteiger partial charge in [0.2, 0.25) is 0 Å². The lowest BCUT2D eigenvalue weighted by Crippen LogP contribution is -2.29. The first-order valence-corrected chi connectivity index (χ1v) is 9.33. The minimum absolute atomic E-state index is 0.320. The first-order chi connectivity index (χ1) is 11.8. The SMILES string of the molecule is C[C@H]1C(C2CC2)=Nc2ccccc2[C@@H]1Nc1ccc(C2CC2)cc1. The summed E-state index contributed by atoms with van der Waals surface area (Å²) in [4.78, 5) is 5.00. The minimum Gasteiger partial charge on any atom is -0.377 e. The second-order valence-corrected chi connectivity index (χ2v) is 7.68. The molecule has 0 unspecified atom stereocenters. The van der Waals surface area contributed by atoms with Crippen LogP contribution in [0.2, 0.25) is 0 Å². The zero-order chi connectivity index (χ0) is 16.1. The third kappa shape index (κ3) is 2.54. The van der Waals surface area contributed by atoms with Gasteiger partial charge in [0.05, 0.1) is 11.7 Å². The van der Waals surface area contributed by atoms with Crippen molar-refractivity contribution in [3.63, 3.8) is 0 Å². The van der Waals surface area contributed by atoms with Gasteiger partial charge in [0.15, 0.2) is 0 Å². The van der Waals surface area contributed by atoms with Gasteiger partial charge in [0.1, 0.15) is 0 Å². The maximum Gasteiger partial charge on any atom is 0.0682 e. The molecular formula is C22H24N2. The summed E-state index contributed by atoms with van der Waals surface area (Å²) >= 11 is 0. The Morgan fingerprint density at radius 3 is 2.29 bits per heavy atom. The highest BCUT2D eigenvalue weighted by Gasteiger charge is 2.38. The molecule has 0 radical (unpaired) electrons. The Kier molecular flexibility index (Phi) is 3.26. The Morgan fingerprint density at radius 2 is 1.58 bits per heavy atom. The van der Waals surface area contributed by atoms with Crippen LogP contribution < -0.4 is 5.32 Å². The highest BCUT2D eigenvalue weighted by atomic mass is 15.0. The zero-order valence-corrected chi connectivity index (χ0v) is 14.2. The molecule has 2 aliphatic carbocycles. The Morgan fingerprint density at radius 1 is 0.875 bits per heavy atom. The van der Waals surface area contributed by atoms with Crippen LogP contribution in [0.3, 0.4) is 0 Å². The first-order valence-electron chi connectivity index (χ1n) is 9.33. The van der Waals surface area contributed by atoms with Gasteiger partial charge in [-0.1, -0.05) is 37.3 Å². The maximum absolute atomic E-state index is 5.00. The van der Waals surface area contributed by atoms with Gasteiger partial charge in [-0.2, -0.15) is 0 Å². The van der Waals surface area contributed by atoms with Crippen LogP contribution in [0.25, 0.3) is 0 Å². The van der Waals surface area contributed by atoms with Crippen LogP contribution in [-0.4, -0.2) is 5.71 Å². The van der Waals surface area contributed by atoms with Crippen molar-refractivity contribution in [1.29, 1.82) is 0 Å². The predicted octanol–water partition coefficient (Wildman–Crippen LogP) is 5.85. The number of nitrogens with zero attached hydrogens (tertiary/aromatic N) is 1. The van der Waals surface area contributed by atoms with Gasteiger partial charge in [-0.15, -0.1) is 0 Å². The summed E-state index contributed by atoms with van der Waals surface area (Å²) in [5, 5.41) is 3.81. The van der Waals surface area contributed by atoms with E-state index < -0.39 is 0 Å². The fourth-order valence-corrected chi connectivity index (χ4v) is 4.03. The molecular weight excluding hydrogens is 292 g/mol. The standard InChI is InChI=1S/C22H24N2/c1-14-21(17-8-9-17)24-20-5-3-2-4-19(20)22(14)23-18-12-10-16(11-13-18)15-6-7-15/h2-5,10-15,17,22-23H,6-9H2,1H3/t14-,22+/m0/s1. The number of para-hydroxylation sites is 1. The van der Waals surface area contributed by atoms with E-state index in [-0.39, 0.29) is 0 Å². The van der Waals surface area contributed by atoms with E-state index in [4.69, 9.17) is 4.99 Å². The molecule has 2 nitrogen and oxygen atoms in total. The average molecular weight is 316 g/mol. The fourth-order valence-electron chi connectivity index (χ4n) is 4.03. The van der Waals surface area contributed by atoms with Crippen LogP contribution in [0.1, 0.15) is 55.7 Å². The third-order valence-corrected chi connectivity index (χ3v) is 5.77. The number of hydrogen-bond acceptors (Lipinski definition) is 2. The molecule has 1 N–H and O–H groups in total. The van der Waals surface area contributed by atoms with Crippen molar-refractivity contribution in [2.24, 2.45) is 16.8 Å². The van der Waals surface area contributed by atoms with Crippen LogP contribution in [-0.2, 0) is 0 Å². The molecule has 1 heterocycles. The number of nitrogens with one attached hydrogen (secondary N) is 1. The number of anilines is 1. The summed E-state index contributed by atoms with van der Waals surface area (Å²) in [6, 6.07) is 18.1. The van der Waals surface area contributed by atoms with Crippen molar-refractivity contribution in [3.8, 4) is 0 Å². The summed E-state index contributed by atoms with van der Waals surface area (Å²) < 4.78 is 0. The smallest absolute Gasteiger partial charge is 0.0682 e. The van der Waals surface area contributed by atoms with E-state index in [9.17, 15) is 0 Å². The monoisotopic (exact) mass is 316 g/mol. The Hall–Kier alpha value is -2.09. The minimum atomic E-state index is 0.320. The van der Waals surface area contributed by atoms with Crippen molar-refractivity contribution in [2.45, 2.75) is 44.6 Å². The third-order valence-electron chi connectivity index (χ3n) is 5.77. The first kappa shape index (κ1) is 14.3. The molecule has 0 amide bonds. The van der Waals surface area contributed by atoms with E-state index in [2.05, 4.69) is 60.8 Å². The molecule has 2 atom stereocenters. The van der Waals surface area contributed by atoms with E-state index in [0.717, 1.165) is 17.5 Å².